The van der Waals surface area contributed by atoms with E-state index in [0.29, 0.717) is 5.92 Å². The maximum Gasteiger partial charge on any atom is 0.306 e. The topological polar surface area (TPSA) is 49.9 Å². The second-order valence-electron chi connectivity index (χ2n) is 7.11. The van der Waals surface area contributed by atoms with E-state index < -0.39 is 5.60 Å². The number of ether oxygens (including phenoxy) is 1. The second-order valence-corrected chi connectivity index (χ2v) is 7.11. The van der Waals surface area contributed by atoms with Crippen LogP contribution in [0.1, 0.15) is 46.5 Å². The van der Waals surface area contributed by atoms with Crippen LogP contribution in [0.4, 0.5) is 0 Å². The van der Waals surface area contributed by atoms with Gasteiger partial charge in [0.25, 0.3) is 0 Å². The normalized spacial score (nSPS) is 17.6. The number of nitrogens with zero attached hydrogens (tertiary/aromatic N) is 2. The monoisotopic (exact) mass is 298 g/mol. The zero-order valence-corrected chi connectivity index (χ0v) is 14.1. The molecule has 0 spiro atoms. The summed E-state index contributed by atoms with van der Waals surface area (Å²) in [6.07, 6.45) is 2.67. The van der Waals surface area contributed by atoms with Gasteiger partial charge in [-0.3, -0.25) is 9.59 Å². The third-order valence-electron chi connectivity index (χ3n) is 3.76. The van der Waals surface area contributed by atoms with Gasteiger partial charge in [0.2, 0.25) is 5.91 Å². The molecule has 1 aliphatic heterocycles. The molecule has 5 nitrogen and oxygen atoms in total. The molecule has 122 valence electrons. The molecule has 1 saturated heterocycles. The van der Waals surface area contributed by atoms with E-state index in [1.165, 1.54) is 0 Å². The molecule has 21 heavy (non-hydrogen) atoms. The first-order valence-electron chi connectivity index (χ1n) is 7.82. The van der Waals surface area contributed by atoms with Crippen LogP contribution < -0.4 is 0 Å². The highest BCUT2D eigenvalue weighted by molar-refractivity contribution is 5.81. The smallest absolute Gasteiger partial charge is 0.306 e. The molecular formula is C16H30N2O3. The molecule has 0 atom stereocenters. The fraction of sp³-hybridized carbons (Fsp3) is 0.875. The van der Waals surface area contributed by atoms with E-state index in [0.717, 1.165) is 32.5 Å². The van der Waals surface area contributed by atoms with Crippen molar-refractivity contribution < 1.29 is 14.3 Å². The molecule has 0 aliphatic carbocycles. The number of piperidine rings is 1. The molecular weight excluding hydrogens is 268 g/mol. The molecule has 1 fully saturated rings. The summed E-state index contributed by atoms with van der Waals surface area (Å²) in [7, 11) is 3.96. The van der Waals surface area contributed by atoms with Gasteiger partial charge >= 0.3 is 5.97 Å². The van der Waals surface area contributed by atoms with Crippen molar-refractivity contribution in [3.8, 4) is 0 Å². The molecule has 1 amide bonds. The van der Waals surface area contributed by atoms with Gasteiger partial charge in [0.1, 0.15) is 5.60 Å². The second kappa shape index (κ2) is 7.78. The fourth-order valence-electron chi connectivity index (χ4n) is 2.53. The summed E-state index contributed by atoms with van der Waals surface area (Å²) < 4.78 is 5.21. The number of rotatable bonds is 5. The summed E-state index contributed by atoms with van der Waals surface area (Å²) in [4.78, 5) is 27.8. The molecule has 1 heterocycles. The number of amides is 1. The van der Waals surface area contributed by atoms with Crippen molar-refractivity contribution in [3.63, 3.8) is 0 Å². The SMILES string of the molecule is CN1CCC(CN(C)C(=O)CCC(=O)OC(C)(C)C)CC1. The van der Waals surface area contributed by atoms with Crippen molar-refractivity contribution in [1.29, 1.82) is 0 Å². The third-order valence-corrected chi connectivity index (χ3v) is 3.76. The first-order valence-corrected chi connectivity index (χ1v) is 7.82. The van der Waals surface area contributed by atoms with E-state index in [4.69, 9.17) is 4.74 Å². The van der Waals surface area contributed by atoms with Crippen LogP contribution in [0.15, 0.2) is 0 Å². The van der Waals surface area contributed by atoms with E-state index in [1.54, 1.807) is 4.90 Å². The average molecular weight is 298 g/mol. The number of hydrogen-bond acceptors (Lipinski definition) is 4. The van der Waals surface area contributed by atoms with Crippen LogP contribution in [0, 0.1) is 5.92 Å². The van der Waals surface area contributed by atoms with Crippen LogP contribution in [-0.4, -0.2) is 61.0 Å². The summed E-state index contributed by atoms with van der Waals surface area (Å²) >= 11 is 0. The molecule has 0 unspecified atom stereocenters. The van der Waals surface area contributed by atoms with Gasteiger partial charge in [-0.1, -0.05) is 0 Å². The van der Waals surface area contributed by atoms with Crippen LogP contribution in [0.3, 0.4) is 0 Å². The Balaban J connectivity index is 2.26. The molecule has 0 aromatic carbocycles. The van der Waals surface area contributed by atoms with E-state index in [2.05, 4.69) is 11.9 Å². The summed E-state index contributed by atoms with van der Waals surface area (Å²) in [5, 5.41) is 0. The van der Waals surface area contributed by atoms with E-state index in [9.17, 15) is 9.59 Å². The first kappa shape index (κ1) is 18.0. The van der Waals surface area contributed by atoms with Crippen molar-refractivity contribution in [2.45, 2.75) is 52.1 Å². The molecule has 0 N–H and O–H groups in total. The number of carbonyl (C=O) groups is 2. The average Bonchev–Trinajstić information content (AvgIpc) is 2.36. The molecule has 1 rings (SSSR count). The Morgan fingerprint density at radius 2 is 1.76 bits per heavy atom. The Kier molecular flexibility index (Phi) is 6.65. The van der Waals surface area contributed by atoms with Crippen LogP contribution in [-0.2, 0) is 14.3 Å². The Bertz CT molecular complexity index is 355. The fourth-order valence-corrected chi connectivity index (χ4v) is 2.53. The maximum atomic E-state index is 12.1. The molecule has 0 aromatic heterocycles. The van der Waals surface area contributed by atoms with Crippen molar-refractivity contribution in [1.82, 2.24) is 9.80 Å². The Morgan fingerprint density at radius 3 is 2.29 bits per heavy atom. The summed E-state index contributed by atoms with van der Waals surface area (Å²) in [6, 6.07) is 0. The van der Waals surface area contributed by atoms with Crippen LogP contribution in [0.2, 0.25) is 0 Å². The van der Waals surface area contributed by atoms with Crippen LogP contribution in [0.25, 0.3) is 0 Å². The van der Waals surface area contributed by atoms with E-state index in [1.807, 2.05) is 27.8 Å². The molecule has 0 aromatic rings. The molecule has 1 aliphatic rings. The Labute approximate surface area is 128 Å². The summed E-state index contributed by atoms with van der Waals surface area (Å²) in [5.74, 6) is 0.306. The van der Waals surface area contributed by atoms with Crippen LogP contribution in [0.5, 0.6) is 0 Å². The lowest BCUT2D eigenvalue weighted by Gasteiger charge is -2.31. The lowest BCUT2D eigenvalue weighted by Crippen LogP contribution is -2.38. The minimum Gasteiger partial charge on any atom is -0.460 e. The zero-order valence-electron chi connectivity index (χ0n) is 14.1. The van der Waals surface area contributed by atoms with Crippen molar-refractivity contribution in [2.75, 3.05) is 33.7 Å². The number of carbonyl (C=O) groups excluding carboxylic acids is 2. The largest absolute Gasteiger partial charge is 0.460 e. The highest BCUT2D eigenvalue weighted by atomic mass is 16.6. The van der Waals surface area contributed by atoms with Crippen molar-refractivity contribution >= 4 is 11.9 Å². The van der Waals surface area contributed by atoms with Gasteiger partial charge < -0.3 is 14.5 Å². The minimum absolute atomic E-state index is 0.0276. The van der Waals surface area contributed by atoms with Gasteiger partial charge in [-0.25, -0.2) is 0 Å². The maximum absolute atomic E-state index is 12.1. The first-order chi connectivity index (χ1) is 9.67. The predicted octanol–water partition coefficient (Wildman–Crippen LogP) is 1.91. The number of hydrogen-bond donors (Lipinski definition) is 0. The molecule has 0 radical (unpaired) electrons. The van der Waals surface area contributed by atoms with Gasteiger partial charge in [0, 0.05) is 20.0 Å². The highest BCUT2D eigenvalue weighted by Gasteiger charge is 2.22. The van der Waals surface area contributed by atoms with Crippen molar-refractivity contribution in [2.24, 2.45) is 5.92 Å². The Morgan fingerprint density at radius 1 is 1.19 bits per heavy atom. The molecule has 0 bridgehead atoms. The standard InChI is InChI=1S/C16H30N2O3/c1-16(2,3)21-15(20)7-6-14(19)18(5)12-13-8-10-17(4)11-9-13/h13H,6-12H2,1-5H3. The van der Waals surface area contributed by atoms with Gasteiger partial charge in [-0.15, -0.1) is 0 Å². The minimum atomic E-state index is -0.486. The zero-order chi connectivity index (χ0) is 16.0. The van der Waals surface area contributed by atoms with Gasteiger partial charge in [-0.05, 0) is 59.7 Å². The predicted molar refractivity (Wildman–Crippen MR) is 82.9 cm³/mol. The molecule has 0 saturated carbocycles. The van der Waals surface area contributed by atoms with Gasteiger partial charge in [0.05, 0.1) is 6.42 Å². The highest BCUT2D eigenvalue weighted by Crippen LogP contribution is 2.17. The van der Waals surface area contributed by atoms with E-state index in [-0.39, 0.29) is 24.7 Å². The summed E-state index contributed by atoms with van der Waals surface area (Å²) in [6.45, 7) is 8.49. The quantitative estimate of drug-likeness (QED) is 0.728. The third kappa shape index (κ3) is 7.46. The lowest BCUT2D eigenvalue weighted by atomic mass is 9.96. The van der Waals surface area contributed by atoms with Crippen LogP contribution >= 0.6 is 0 Å². The van der Waals surface area contributed by atoms with Gasteiger partial charge in [-0.2, -0.15) is 0 Å². The van der Waals surface area contributed by atoms with Crippen molar-refractivity contribution in [3.05, 3.63) is 0 Å². The number of likely N-dealkylation sites (tertiary alicyclic amines) is 1. The van der Waals surface area contributed by atoms with E-state index >= 15 is 0 Å². The molecule has 5 heteroatoms. The number of esters is 1. The van der Waals surface area contributed by atoms with Gasteiger partial charge in [0.15, 0.2) is 0 Å². The Hall–Kier alpha value is -1.10. The lowest BCUT2D eigenvalue weighted by molar-refractivity contribution is -0.156. The summed E-state index contributed by atoms with van der Waals surface area (Å²) in [5.41, 5.74) is -0.486.